The molecule has 1 aliphatic heterocycles. The van der Waals surface area contributed by atoms with Gasteiger partial charge in [0, 0.05) is 12.0 Å². The van der Waals surface area contributed by atoms with Crippen molar-refractivity contribution in [2.24, 2.45) is 5.41 Å². The lowest BCUT2D eigenvalue weighted by Crippen LogP contribution is -2.28. The van der Waals surface area contributed by atoms with Crippen LogP contribution in [0, 0.1) is 5.41 Å². The van der Waals surface area contributed by atoms with E-state index in [1.165, 1.54) is 25.7 Å². The summed E-state index contributed by atoms with van der Waals surface area (Å²) < 4.78 is 11.7. The van der Waals surface area contributed by atoms with Crippen LogP contribution in [0.4, 0.5) is 0 Å². The highest BCUT2D eigenvalue weighted by molar-refractivity contribution is 4.99. The minimum absolute atomic E-state index is 0.0657. The van der Waals surface area contributed by atoms with Crippen LogP contribution in [0.2, 0.25) is 0 Å². The first-order valence-corrected chi connectivity index (χ1v) is 7.65. The molecule has 1 aliphatic carbocycles. The van der Waals surface area contributed by atoms with E-state index in [0.29, 0.717) is 6.61 Å². The average molecular weight is 256 g/mol. The zero-order valence-electron chi connectivity index (χ0n) is 11.7. The molecule has 0 spiro atoms. The molecule has 1 saturated carbocycles. The molecule has 3 atom stereocenters. The van der Waals surface area contributed by atoms with Crippen molar-refractivity contribution >= 4 is 0 Å². The maximum Gasteiger partial charge on any atom is 0.0819 e. The highest BCUT2D eigenvalue weighted by Gasteiger charge is 2.50. The Hall–Kier alpha value is -0.120. The summed E-state index contributed by atoms with van der Waals surface area (Å²) in [4.78, 5) is 0. The molecular formula is C15H28O3. The average Bonchev–Trinajstić information content (AvgIpc) is 2.90. The Morgan fingerprint density at radius 3 is 2.94 bits per heavy atom. The normalized spacial score (nSPS) is 35.0. The SMILES string of the molecule is CCCCCCOC[C@H]1C[C@]2(CO)CCC[C@@H]2O1. The lowest BCUT2D eigenvalue weighted by Gasteiger charge is -2.24. The second-order valence-electron chi connectivity index (χ2n) is 6.00. The smallest absolute Gasteiger partial charge is 0.0819 e. The van der Waals surface area contributed by atoms with Gasteiger partial charge in [0.2, 0.25) is 0 Å². The first-order valence-electron chi connectivity index (χ1n) is 7.65. The van der Waals surface area contributed by atoms with Gasteiger partial charge in [-0.2, -0.15) is 0 Å². The second-order valence-corrected chi connectivity index (χ2v) is 6.00. The molecule has 3 heteroatoms. The third-order valence-corrected chi connectivity index (χ3v) is 4.58. The van der Waals surface area contributed by atoms with Crippen molar-refractivity contribution in [2.45, 2.75) is 70.5 Å². The Morgan fingerprint density at radius 1 is 1.33 bits per heavy atom. The number of hydrogen-bond donors (Lipinski definition) is 1. The molecule has 2 rings (SSSR count). The molecule has 2 aliphatic rings. The van der Waals surface area contributed by atoms with Gasteiger partial charge in [0.25, 0.3) is 0 Å². The predicted octanol–water partition coefficient (Wildman–Crippen LogP) is 2.90. The first-order chi connectivity index (χ1) is 8.80. The fourth-order valence-electron chi connectivity index (χ4n) is 3.48. The molecule has 0 bridgehead atoms. The Morgan fingerprint density at radius 2 is 2.22 bits per heavy atom. The Kier molecular flexibility index (Phi) is 5.46. The van der Waals surface area contributed by atoms with Gasteiger partial charge in [0.1, 0.15) is 0 Å². The summed E-state index contributed by atoms with van der Waals surface area (Å²) in [5.41, 5.74) is 0.0657. The van der Waals surface area contributed by atoms with Crippen molar-refractivity contribution < 1.29 is 14.6 Å². The summed E-state index contributed by atoms with van der Waals surface area (Å²) in [5, 5.41) is 9.59. The zero-order chi connectivity index (χ0) is 12.8. The second kappa shape index (κ2) is 6.88. The molecular weight excluding hydrogens is 228 g/mol. The van der Waals surface area contributed by atoms with Crippen molar-refractivity contribution in [3.05, 3.63) is 0 Å². The van der Waals surface area contributed by atoms with E-state index < -0.39 is 0 Å². The minimum atomic E-state index is 0.0657. The molecule has 0 amide bonds. The molecule has 0 aromatic rings. The monoisotopic (exact) mass is 256 g/mol. The van der Waals surface area contributed by atoms with Crippen LogP contribution in [-0.2, 0) is 9.47 Å². The number of ether oxygens (including phenoxy) is 2. The number of fused-ring (bicyclic) bond motifs is 1. The van der Waals surface area contributed by atoms with E-state index in [9.17, 15) is 5.11 Å². The quantitative estimate of drug-likeness (QED) is 0.679. The van der Waals surface area contributed by atoms with Crippen molar-refractivity contribution in [1.82, 2.24) is 0 Å². The Bertz CT molecular complexity index is 244. The molecule has 18 heavy (non-hydrogen) atoms. The lowest BCUT2D eigenvalue weighted by atomic mass is 9.82. The van der Waals surface area contributed by atoms with E-state index in [2.05, 4.69) is 6.92 Å². The summed E-state index contributed by atoms with van der Waals surface area (Å²) in [7, 11) is 0. The highest BCUT2D eigenvalue weighted by atomic mass is 16.5. The van der Waals surface area contributed by atoms with Gasteiger partial charge >= 0.3 is 0 Å². The summed E-state index contributed by atoms with van der Waals surface area (Å²) >= 11 is 0. The van der Waals surface area contributed by atoms with E-state index in [4.69, 9.17) is 9.47 Å². The fourth-order valence-corrected chi connectivity index (χ4v) is 3.48. The molecule has 106 valence electrons. The summed E-state index contributed by atoms with van der Waals surface area (Å²) in [5.74, 6) is 0. The fraction of sp³-hybridized carbons (Fsp3) is 1.00. The third-order valence-electron chi connectivity index (χ3n) is 4.58. The molecule has 3 nitrogen and oxygen atoms in total. The molecule has 2 fully saturated rings. The van der Waals surface area contributed by atoms with Crippen LogP contribution in [0.25, 0.3) is 0 Å². The Labute approximate surface area is 111 Å². The summed E-state index contributed by atoms with van der Waals surface area (Å²) in [6.07, 6.45) is 9.95. The number of hydrogen-bond acceptors (Lipinski definition) is 3. The molecule has 1 N–H and O–H groups in total. The lowest BCUT2D eigenvalue weighted by molar-refractivity contribution is -0.0272. The van der Waals surface area contributed by atoms with Crippen LogP contribution in [0.3, 0.4) is 0 Å². The molecule has 0 aromatic carbocycles. The van der Waals surface area contributed by atoms with Gasteiger partial charge in [-0.3, -0.25) is 0 Å². The molecule has 0 unspecified atom stereocenters. The van der Waals surface area contributed by atoms with Crippen molar-refractivity contribution in [3.63, 3.8) is 0 Å². The molecule has 0 radical (unpaired) electrons. The minimum Gasteiger partial charge on any atom is -0.396 e. The predicted molar refractivity (Wildman–Crippen MR) is 71.6 cm³/mol. The first kappa shape index (κ1) is 14.3. The highest BCUT2D eigenvalue weighted by Crippen LogP contribution is 2.49. The Balaban J connectivity index is 1.61. The largest absolute Gasteiger partial charge is 0.396 e. The molecule has 1 heterocycles. The van der Waals surface area contributed by atoms with Gasteiger partial charge in [-0.15, -0.1) is 0 Å². The summed E-state index contributed by atoms with van der Waals surface area (Å²) in [6, 6.07) is 0. The van der Waals surface area contributed by atoms with Gasteiger partial charge in [-0.1, -0.05) is 32.6 Å². The van der Waals surface area contributed by atoms with Crippen LogP contribution in [0.1, 0.15) is 58.3 Å². The summed E-state index contributed by atoms with van der Waals surface area (Å²) in [6.45, 7) is 4.08. The van der Waals surface area contributed by atoms with E-state index in [-0.39, 0.29) is 24.2 Å². The molecule has 0 aromatic heterocycles. The molecule has 1 saturated heterocycles. The van der Waals surface area contributed by atoms with Gasteiger partial charge in [-0.05, 0) is 25.7 Å². The topological polar surface area (TPSA) is 38.7 Å². The van der Waals surface area contributed by atoms with Crippen molar-refractivity contribution in [3.8, 4) is 0 Å². The van der Waals surface area contributed by atoms with E-state index in [1.807, 2.05) is 0 Å². The third kappa shape index (κ3) is 3.25. The van der Waals surface area contributed by atoms with Crippen LogP contribution >= 0.6 is 0 Å². The van der Waals surface area contributed by atoms with Gasteiger partial charge in [0.15, 0.2) is 0 Å². The van der Waals surface area contributed by atoms with Crippen LogP contribution in [-0.4, -0.2) is 37.1 Å². The van der Waals surface area contributed by atoms with Crippen LogP contribution in [0.5, 0.6) is 0 Å². The maximum absolute atomic E-state index is 9.59. The van der Waals surface area contributed by atoms with E-state index in [0.717, 1.165) is 32.3 Å². The number of aliphatic hydroxyl groups excluding tert-OH is 1. The maximum atomic E-state index is 9.59. The van der Waals surface area contributed by atoms with E-state index in [1.54, 1.807) is 0 Å². The van der Waals surface area contributed by atoms with Crippen LogP contribution in [0.15, 0.2) is 0 Å². The van der Waals surface area contributed by atoms with Crippen LogP contribution < -0.4 is 0 Å². The number of aliphatic hydroxyl groups is 1. The number of rotatable bonds is 8. The van der Waals surface area contributed by atoms with E-state index >= 15 is 0 Å². The number of unbranched alkanes of at least 4 members (excludes halogenated alkanes) is 3. The van der Waals surface area contributed by atoms with Crippen molar-refractivity contribution in [2.75, 3.05) is 19.8 Å². The van der Waals surface area contributed by atoms with Gasteiger partial charge in [0.05, 0.1) is 25.4 Å². The van der Waals surface area contributed by atoms with Crippen molar-refractivity contribution in [1.29, 1.82) is 0 Å². The standard InChI is InChI=1S/C15H28O3/c1-2-3-4-5-9-17-11-13-10-15(12-16)8-6-7-14(15)18-13/h13-14,16H,2-12H2,1H3/t13-,14+,15+/m1/s1. The van der Waals surface area contributed by atoms with Gasteiger partial charge < -0.3 is 14.6 Å². The zero-order valence-corrected chi connectivity index (χ0v) is 11.7. The van der Waals surface area contributed by atoms with Gasteiger partial charge in [-0.25, -0.2) is 0 Å².